The van der Waals surface area contributed by atoms with Crippen molar-refractivity contribution in [3.63, 3.8) is 0 Å². The number of halogens is 2. The molecule has 0 saturated heterocycles. The topological polar surface area (TPSA) is 49.4 Å². The second kappa shape index (κ2) is 9.02. The van der Waals surface area contributed by atoms with E-state index < -0.39 is 6.04 Å². The van der Waals surface area contributed by atoms with Crippen LogP contribution in [0, 0.1) is 5.82 Å². The normalized spacial score (nSPS) is 16.8. The van der Waals surface area contributed by atoms with E-state index in [9.17, 15) is 14.0 Å². The Morgan fingerprint density at radius 1 is 1.13 bits per heavy atom. The second-order valence-electron chi connectivity index (χ2n) is 7.57. The molecule has 1 aliphatic heterocycles. The van der Waals surface area contributed by atoms with Gasteiger partial charge in [-0.25, -0.2) is 4.39 Å². The molecule has 2 atom stereocenters. The van der Waals surface area contributed by atoms with E-state index in [1.54, 1.807) is 17.0 Å². The van der Waals surface area contributed by atoms with Gasteiger partial charge in [0.15, 0.2) is 0 Å². The van der Waals surface area contributed by atoms with Gasteiger partial charge in [0.2, 0.25) is 11.8 Å². The highest BCUT2D eigenvalue weighted by Crippen LogP contribution is 2.39. The van der Waals surface area contributed by atoms with Gasteiger partial charge in [-0.1, -0.05) is 65.3 Å². The molecule has 1 heterocycles. The molecule has 4 rings (SSSR count). The first-order valence-corrected chi connectivity index (χ1v) is 11.0. The number of carbonyl (C=O) groups excluding carboxylic acids is 2. The van der Waals surface area contributed by atoms with Gasteiger partial charge in [0.1, 0.15) is 12.4 Å². The SMILES string of the molecule is CCC(C(=O)N1CC(=O)Nc2ccc(Br)cc2C1c1ccc(F)cc1)c1ccccc1. The van der Waals surface area contributed by atoms with Gasteiger partial charge in [0.05, 0.1) is 12.0 Å². The molecule has 0 aliphatic carbocycles. The van der Waals surface area contributed by atoms with E-state index in [-0.39, 0.29) is 30.1 Å². The number of hydrogen-bond donors (Lipinski definition) is 1. The molecule has 6 heteroatoms. The molecule has 2 unspecified atom stereocenters. The molecule has 158 valence electrons. The van der Waals surface area contributed by atoms with Crippen molar-refractivity contribution in [2.75, 3.05) is 11.9 Å². The van der Waals surface area contributed by atoms with E-state index in [2.05, 4.69) is 21.2 Å². The average molecular weight is 481 g/mol. The largest absolute Gasteiger partial charge is 0.324 e. The van der Waals surface area contributed by atoms with Crippen LogP contribution in [0.25, 0.3) is 0 Å². The number of hydrogen-bond acceptors (Lipinski definition) is 2. The van der Waals surface area contributed by atoms with Gasteiger partial charge in [0, 0.05) is 15.7 Å². The minimum atomic E-state index is -0.530. The number of fused-ring (bicyclic) bond motifs is 1. The van der Waals surface area contributed by atoms with Crippen LogP contribution in [0.5, 0.6) is 0 Å². The third-order valence-corrected chi connectivity index (χ3v) is 6.08. The van der Waals surface area contributed by atoms with Crippen molar-refractivity contribution >= 4 is 33.4 Å². The first-order valence-electron chi connectivity index (χ1n) is 10.2. The first-order chi connectivity index (χ1) is 15.0. The van der Waals surface area contributed by atoms with Crippen molar-refractivity contribution in [3.05, 3.63) is 99.8 Å². The Labute approximate surface area is 189 Å². The lowest BCUT2D eigenvalue weighted by Gasteiger charge is -2.33. The van der Waals surface area contributed by atoms with E-state index in [0.29, 0.717) is 12.1 Å². The quantitative estimate of drug-likeness (QED) is 0.524. The molecule has 0 bridgehead atoms. The average Bonchev–Trinajstić information content (AvgIpc) is 2.91. The maximum absolute atomic E-state index is 13.8. The number of nitrogens with zero attached hydrogens (tertiary/aromatic N) is 1. The predicted octanol–water partition coefficient (Wildman–Crippen LogP) is 5.65. The van der Waals surface area contributed by atoms with Gasteiger partial charge >= 0.3 is 0 Å². The number of rotatable bonds is 4. The van der Waals surface area contributed by atoms with Gasteiger partial charge in [-0.05, 0) is 47.9 Å². The number of nitrogens with one attached hydrogen (secondary N) is 1. The highest BCUT2D eigenvalue weighted by molar-refractivity contribution is 9.10. The molecular formula is C25H22BrFN2O2. The molecule has 0 fully saturated rings. The van der Waals surface area contributed by atoms with E-state index in [4.69, 9.17) is 0 Å². The Balaban J connectivity index is 1.86. The highest BCUT2D eigenvalue weighted by Gasteiger charge is 2.36. The van der Waals surface area contributed by atoms with Gasteiger partial charge in [-0.3, -0.25) is 9.59 Å². The van der Waals surface area contributed by atoms with Crippen molar-refractivity contribution in [2.45, 2.75) is 25.3 Å². The van der Waals surface area contributed by atoms with Crippen LogP contribution in [-0.4, -0.2) is 23.3 Å². The summed E-state index contributed by atoms with van der Waals surface area (Å²) in [6, 6.07) is 20.7. The molecule has 3 aromatic carbocycles. The number of amides is 2. The Hall–Kier alpha value is -2.99. The van der Waals surface area contributed by atoms with E-state index >= 15 is 0 Å². The lowest BCUT2D eigenvalue weighted by molar-refractivity contribution is -0.137. The van der Waals surface area contributed by atoms with Crippen LogP contribution in [0.3, 0.4) is 0 Å². The Morgan fingerprint density at radius 3 is 2.52 bits per heavy atom. The van der Waals surface area contributed by atoms with E-state index in [1.807, 2.05) is 55.5 Å². The molecule has 3 aromatic rings. The molecule has 2 amide bonds. The minimum absolute atomic E-state index is 0.0868. The molecule has 1 aliphatic rings. The second-order valence-corrected chi connectivity index (χ2v) is 8.49. The molecule has 0 aromatic heterocycles. The van der Waals surface area contributed by atoms with Crippen LogP contribution < -0.4 is 5.32 Å². The predicted molar refractivity (Wildman–Crippen MR) is 122 cm³/mol. The summed E-state index contributed by atoms with van der Waals surface area (Å²) in [5, 5.41) is 2.91. The third-order valence-electron chi connectivity index (χ3n) is 5.59. The maximum Gasteiger partial charge on any atom is 0.244 e. The Morgan fingerprint density at radius 2 is 1.84 bits per heavy atom. The zero-order valence-corrected chi connectivity index (χ0v) is 18.6. The van der Waals surface area contributed by atoms with Gasteiger partial charge < -0.3 is 10.2 Å². The molecule has 1 N–H and O–H groups in total. The number of carbonyl (C=O) groups is 2. The standard InChI is InChI=1S/C25H22BrFN2O2/c1-2-20(16-6-4-3-5-7-16)25(31)29-15-23(30)28-22-13-10-18(26)14-21(22)24(29)17-8-11-19(27)12-9-17/h3-14,20,24H,2,15H2,1H3,(H,28,30). The number of anilines is 1. The summed E-state index contributed by atoms with van der Waals surface area (Å²) < 4.78 is 14.5. The fraction of sp³-hybridized carbons (Fsp3) is 0.200. The van der Waals surface area contributed by atoms with Gasteiger partial charge in [0.25, 0.3) is 0 Å². The van der Waals surface area contributed by atoms with Crippen LogP contribution in [0.4, 0.5) is 10.1 Å². The lowest BCUT2D eigenvalue weighted by Crippen LogP contribution is -2.41. The third kappa shape index (κ3) is 4.39. The molecule has 0 saturated carbocycles. The van der Waals surface area contributed by atoms with Gasteiger partial charge in [-0.2, -0.15) is 0 Å². The molecular weight excluding hydrogens is 459 g/mol. The Kier molecular flexibility index (Phi) is 6.18. The van der Waals surface area contributed by atoms with Crippen LogP contribution in [0.15, 0.2) is 77.3 Å². The fourth-order valence-electron chi connectivity index (χ4n) is 4.13. The summed E-state index contributed by atoms with van der Waals surface area (Å²) in [6.07, 6.45) is 0.600. The highest BCUT2D eigenvalue weighted by atomic mass is 79.9. The van der Waals surface area contributed by atoms with Crippen molar-refractivity contribution in [1.82, 2.24) is 4.90 Å². The minimum Gasteiger partial charge on any atom is -0.324 e. The van der Waals surface area contributed by atoms with Crippen LogP contribution in [0.2, 0.25) is 0 Å². The molecule has 4 nitrogen and oxygen atoms in total. The van der Waals surface area contributed by atoms with Crippen molar-refractivity contribution in [2.24, 2.45) is 0 Å². The van der Waals surface area contributed by atoms with E-state index in [0.717, 1.165) is 21.2 Å². The summed E-state index contributed by atoms with van der Waals surface area (Å²) in [5.41, 5.74) is 3.08. The fourth-order valence-corrected chi connectivity index (χ4v) is 4.50. The van der Waals surface area contributed by atoms with Crippen LogP contribution in [0.1, 0.15) is 42.0 Å². The summed E-state index contributed by atoms with van der Waals surface area (Å²) >= 11 is 3.50. The van der Waals surface area contributed by atoms with E-state index in [1.165, 1.54) is 12.1 Å². The zero-order valence-electron chi connectivity index (χ0n) is 17.0. The van der Waals surface area contributed by atoms with Crippen LogP contribution >= 0.6 is 15.9 Å². The molecule has 0 spiro atoms. The van der Waals surface area contributed by atoms with Crippen molar-refractivity contribution in [3.8, 4) is 0 Å². The molecule has 31 heavy (non-hydrogen) atoms. The first kappa shape index (κ1) is 21.2. The van der Waals surface area contributed by atoms with Crippen molar-refractivity contribution in [1.29, 1.82) is 0 Å². The Bertz CT molecular complexity index is 1100. The monoisotopic (exact) mass is 480 g/mol. The number of benzene rings is 3. The zero-order chi connectivity index (χ0) is 22.0. The summed E-state index contributed by atoms with van der Waals surface area (Å²) in [4.78, 5) is 28.2. The summed E-state index contributed by atoms with van der Waals surface area (Å²) in [6.45, 7) is 1.88. The molecule has 0 radical (unpaired) electrons. The maximum atomic E-state index is 13.8. The van der Waals surface area contributed by atoms with Crippen molar-refractivity contribution < 1.29 is 14.0 Å². The lowest BCUT2D eigenvalue weighted by atomic mass is 9.91. The van der Waals surface area contributed by atoms with Crippen LogP contribution in [-0.2, 0) is 9.59 Å². The smallest absolute Gasteiger partial charge is 0.244 e. The summed E-state index contributed by atoms with van der Waals surface area (Å²) in [5.74, 6) is -1.13. The summed E-state index contributed by atoms with van der Waals surface area (Å²) in [7, 11) is 0. The van der Waals surface area contributed by atoms with Gasteiger partial charge in [-0.15, -0.1) is 0 Å².